The Kier molecular flexibility index (Phi) is 9.51. The highest BCUT2D eigenvalue weighted by Gasteiger charge is 2.23. The van der Waals surface area contributed by atoms with Crippen molar-refractivity contribution in [2.45, 2.75) is 72.8 Å². The van der Waals surface area contributed by atoms with Crippen LogP contribution in [0.25, 0.3) is 0 Å². The van der Waals surface area contributed by atoms with E-state index in [4.69, 9.17) is 9.73 Å². The van der Waals surface area contributed by atoms with Gasteiger partial charge in [0.05, 0.1) is 13.2 Å². The molecular weight excluding hydrogens is 334 g/mol. The molecule has 0 N–H and O–H groups in total. The molecule has 0 radical (unpaired) electrons. The van der Waals surface area contributed by atoms with Gasteiger partial charge in [-0.25, -0.2) is 4.99 Å². The summed E-state index contributed by atoms with van der Waals surface area (Å²) in [5.74, 6) is 2.14. The molecule has 1 saturated heterocycles. The van der Waals surface area contributed by atoms with Crippen LogP contribution in [0.15, 0.2) is 23.2 Å². The molecule has 0 amide bonds. The summed E-state index contributed by atoms with van der Waals surface area (Å²) in [6.07, 6.45) is 7.74. The Morgan fingerprint density at radius 3 is 2.26 bits per heavy atom. The molecule has 1 aliphatic heterocycles. The first-order valence-corrected chi connectivity index (χ1v) is 11.0. The van der Waals surface area contributed by atoms with Crippen LogP contribution in [0.3, 0.4) is 0 Å². The molecule has 1 aliphatic rings. The number of aryl methyl sites for hydroxylation is 1. The monoisotopic (exact) mass is 373 g/mol. The fourth-order valence-corrected chi connectivity index (χ4v) is 3.63. The number of ether oxygens (including phenoxy) is 1. The minimum Gasteiger partial charge on any atom is -0.493 e. The fourth-order valence-electron chi connectivity index (χ4n) is 3.63. The third-order valence-corrected chi connectivity index (χ3v) is 5.33. The highest BCUT2D eigenvalue weighted by Crippen LogP contribution is 2.22. The molecule has 2 rings (SSSR count). The highest BCUT2D eigenvalue weighted by atomic mass is 16.5. The predicted octanol–water partition coefficient (Wildman–Crippen LogP) is 5.25. The minimum absolute atomic E-state index is 0.690. The maximum atomic E-state index is 6.12. The molecule has 0 unspecified atom stereocenters. The number of hydrogen-bond acceptors (Lipinski definition) is 2. The van der Waals surface area contributed by atoms with E-state index >= 15 is 0 Å². The Morgan fingerprint density at radius 1 is 0.926 bits per heavy atom. The second-order valence-electron chi connectivity index (χ2n) is 7.50. The SMILES string of the molecule is CCCCCCCCOc1ccc(C)cc1CN=C1N(CC)CCN1CC. The number of benzene rings is 1. The summed E-state index contributed by atoms with van der Waals surface area (Å²) in [7, 11) is 0. The standard InChI is InChI=1S/C23H39N3O/c1-5-8-9-10-11-12-17-27-22-14-13-20(4)18-21(22)19-24-23-25(6-2)15-16-26(23)7-3/h13-14,18H,5-12,15-17,19H2,1-4H3. The average molecular weight is 374 g/mol. The van der Waals surface area contributed by atoms with Gasteiger partial charge in [-0.15, -0.1) is 0 Å². The normalized spacial score (nSPS) is 14.1. The summed E-state index contributed by atoms with van der Waals surface area (Å²) in [5.41, 5.74) is 2.47. The van der Waals surface area contributed by atoms with Crippen molar-refractivity contribution in [3.8, 4) is 5.75 Å². The zero-order valence-corrected chi connectivity index (χ0v) is 18.0. The Balaban J connectivity index is 1.94. The molecule has 1 heterocycles. The van der Waals surface area contributed by atoms with Gasteiger partial charge in [0, 0.05) is 31.7 Å². The maximum Gasteiger partial charge on any atom is 0.197 e. The van der Waals surface area contributed by atoms with Crippen LogP contribution < -0.4 is 4.74 Å². The molecule has 0 aliphatic carbocycles. The first-order chi connectivity index (χ1) is 13.2. The van der Waals surface area contributed by atoms with E-state index < -0.39 is 0 Å². The third-order valence-electron chi connectivity index (χ3n) is 5.33. The Hall–Kier alpha value is -1.71. The van der Waals surface area contributed by atoms with Gasteiger partial charge in [0.25, 0.3) is 0 Å². The highest BCUT2D eigenvalue weighted by molar-refractivity contribution is 5.82. The quantitative estimate of drug-likeness (QED) is 0.469. The second kappa shape index (κ2) is 11.9. The maximum absolute atomic E-state index is 6.12. The predicted molar refractivity (Wildman–Crippen MR) is 116 cm³/mol. The van der Waals surface area contributed by atoms with Crippen LogP contribution in [-0.2, 0) is 6.54 Å². The van der Waals surface area contributed by atoms with Gasteiger partial charge in [-0.05, 0) is 33.3 Å². The summed E-state index contributed by atoms with van der Waals surface area (Å²) in [4.78, 5) is 9.71. The van der Waals surface area contributed by atoms with E-state index in [1.165, 1.54) is 43.2 Å². The van der Waals surface area contributed by atoms with Crippen LogP contribution in [-0.4, -0.2) is 48.5 Å². The van der Waals surface area contributed by atoms with Crippen molar-refractivity contribution in [3.63, 3.8) is 0 Å². The summed E-state index contributed by atoms with van der Waals surface area (Å²) < 4.78 is 6.12. The van der Waals surface area contributed by atoms with Crippen LogP contribution in [0.5, 0.6) is 5.75 Å². The van der Waals surface area contributed by atoms with Gasteiger partial charge >= 0.3 is 0 Å². The number of likely N-dealkylation sites (N-methyl/N-ethyl adjacent to an activating group) is 2. The van der Waals surface area contributed by atoms with Crippen molar-refractivity contribution >= 4 is 5.96 Å². The zero-order chi connectivity index (χ0) is 19.5. The second-order valence-corrected chi connectivity index (χ2v) is 7.50. The van der Waals surface area contributed by atoms with E-state index in [9.17, 15) is 0 Å². The first kappa shape index (κ1) is 21.6. The van der Waals surface area contributed by atoms with Gasteiger partial charge in [-0.1, -0.05) is 56.7 Å². The Morgan fingerprint density at radius 2 is 1.59 bits per heavy atom. The minimum atomic E-state index is 0.690. The van der Waals surface area contributed by atoms with Crippen LogP contribution in [0.2, 0.25) is 0 Å². The molecule has 4 heteroatoms. The van der Waals surface area contributed by atoms with Gasteiger partial charge in [0.15, 0.2) is 5.96 Å². The fraction of sp³-hybridized carbons (Fsp3) is 0.696. The molecule has 152 valence electrons. The van der Waals surface area contributed by atoms with Gasteiger partial charge in [-0.3, -0.25) is 0 Å². The van der Waals surface area contributed by atoms with Crippen molar-refractivity contribution in [2.24, 2.45) is 4.99 Å². The molecule has 1 fully saturated rings. The van der Waals surface area contributed by atoms with Gasteiger partial charge < -0.3 is 14.5 Å². The number of nitrogens with zero attached hydrogens (tertiary/aromatic N) is 3. The van der Waals surface area contributed by atoms with Gasteiger partial charge in [0.2, 0.25) is 0 Å². The van der Waals surface area contributed by atoms with E-state index in [-0.39, 0.29) is 0 Å². The molecule has 0 atom stereocenters. The van der Waals surface area contributed by atoms with Crippen molar-refractivity contribution < 1.29 is 4.74 Å². The topological polar surface area (TPSA) is 28.1 Å². The summed E-state index contributed by atoms with van der Waals surface area (Å²) in [5, 5.41) is 0. The van der Waals surface area contributed by atoms with Crippen molar-refractivity contribution in [1.29, 1.82) is 0 Å². The lowest BCUT2D eigenvalue weighted by Gasteiger charge is -2.21. The smallest absolute Gasteiger partial charge is 0.197 e. The van der Waals surface area contributed by atoms with Crippen LogP contribution >= 0.6 is 0 Å². The molecule has 0 saturated carbocycles. The van der Waals surface area contributed by atoms with E-state index in [2.05, 4.69) is 55.7 Å². The van der Waals surface area contributed by atoms with Crippen molar-refractivity contribution in [3.05, 3.63) is 29.3 Å². The molecule has 1 aromatic rings. The average Bonchev–Trinajstić information content (AvgIpc) is 3.08. The van der Waals surface area contributed by atoms with E-state index in [1.54, 1.807) is 0 Å². The van der Waals surface area contributed by atoms with Crippen LogP contribution in [0.1, 0.15) is 70.4 Å². The number of rotatable bonds is 12. The molecule has 4 nitrogen and oxygen atoms in total. The number of aliphatic imine (C=N–C) groups is 1. The molecule has 0 aromatic heterocycles. The van der Waals surface area contributed by atoms with Gasteiger partial charge in [-0.2, -0.15) is 0 Å². The third kappa shape index (κ3) is 6.75. The lowest BCUT2D eigenvalue weighted by atomic mass is 10.1. The van der Waals surface area contributed by atoms with Gasteiger partial charge in [0.1, 0.15) is 5.75 Å². The molecule has 0 spiro atoms. The van der Waals surface area contributed by atoms with Crippen molar-refractivity contribution in [1.82, 2.24) is 9.80 Å². The first-order valence-electron chi connectivity index (χ1n) is 11.0. The lowest BCUT2D eigenvalue weighted by Crippen LogP contribution is -2.33. The number of guanidine groups is 1. The van der Waals surface area contributed by atoms with E-state index in [0.717, 1.165) is 50.9 Å². The summed E-state index contributed by atoms with van der Waals surface area (Å²) in [6.45, 7) is 14.5. The molecule has 1 aromatic carbocycles. The zero-order valence-electron chi connectivity index (χ0n) is 18.0. The summed E-state index contributed by atoms with van der Waals surface area (Å²) in [6, 6.07) is 6.48. The molecule has 27 heavy (non-hydrogen) atoms. The van der Waals surface area contributed by atoms with E-state index in [0.29, 0.717) is 6.54 Å². The molecule has 0 bridgehead atoms. The Bertz CT molecular complexity index is 571. The van der Waals surface area contributed by atoms with E-state index in [1.807, 2.05) is 0 Å². The number of unbranched alkanes of at least 4 members (excludes halogenated alkanes) is 5. The van der Waals surface area contributed by atoms with Crippen LogP contribution in [0.4, 0.5) is 0 Å². The van der Waals surface area contributed by atoms with Crippen molar-refractivity contribution in [2.75, 3.05) is 32.8 Å². The Labute approximate surface area is 166 Å². The molecular formula is C23H39N3O. The lowest BCUT2D eigenvalue weighted by molar-refractivity contribution is 0.301. The largest absolute Gasteiger partial charge is 0.493 e. The summed E-state index contributed by atoms with van der Waals surface area (Å²) >= 11 is 0. The van der Waals surface area contributed by atoms with Crippen LogP contribution in [0, 0.1) is 6.92 Å². The number of hydrogen-bond donors (Lipinski definition) is 0.